The lowest BCUT2D eigenvalue weighted by Gasteiger charge is -2.14. The highest BCUT2D eigenvalue weighted by Gasteiger charge is 2.30. The normalized spacial score (nSPS) is 10.6. The van der Waals surface area contributed by atoms with Crippen LogP contribution >= 0.6 is 0 Å². The molecular formula is C23H25NO6. The molecule has 0 aliphatic carbocycles. The molecule has 1 amide bonds. The number of esters is 2. The van der Waals surface area contributed by atoms with Gasteiger partial charge in [0.2, 0.25) is 11.9 Å². The second-order valence-electron chi connectivity index (χ2n) is 6.13. The standard InChI is InChI=1S/C23H25NO6/c1-3-28-22(26)21(23(27)29-4-2)24-20(25)14-13-17-11-8-12-19(15-17)30-16-18-9-6-5-7-10-18/h5-15,21H,3-4,16H2,1-2H3,(H,24,25)/b14-13+. The lowest BCUT2D eigenvalue weighted by atomic mass is 10.2. The van der Waals surface area contributed by atoms with Gasteiger partial charge in [0.15, 0.2) is 0 Å². The number of carbonyl (C=O) groups is 3. The van der Waals surface area contributed by atoms with Crippen LogP contribution in [0.5, 0.6) is 5.75 Å². The van der Waals surface area contributed by atoms with Gasteiger partial charge in [-0.1, -0.05) is 42.5 Å². The number of carbonyl (C=O) groups excluding carboxylic acids is 3. The Kier molecular flexibility index (Phi) is 9.12. The van der Waals surface area contributed by atoms with Crippen LogP contribution in [0.25, 0.3) is 6.08 Å². The molecule has 1 N–H and O–H groups in total. The molecule has 0 aliphatic rings. The zero-order valence-electron chi connectivity index (χ0n) is 17.0. The van der Waals surface area contributed by atoms with Crippen LogP contribution in [0.2, 0.25) is 0 Å². The van der Waals surface area contributed by atoms with Crippen molar-refractivity contribution in [1.29, 1.82) is 0 Å². The fourth-order valence-corrected chi connectivity index (χ4v) is 2.48. The van der Waals surface area contributed by atoms with Crippen molar-refractivity contribution in [2.24, 2.45) is 0 Å². The van der Waals surface area contributed by atoms with E-state index in [0.29, 0.717) is 12.4 Å². The smallest absolute Gasteiger partial charge is 0.340 e. The molecule has 0 aromatic heterocycles. The topological polar surface area (TPSA) is 90.9 Å². The second kappa shape index (κ2) is 12.1. The molecule has 0 radical (unpaired) electrons. The maximum atomic E-state index is 12.2. The Hall–Kier alpha value is -3.61. The molecule has 7 heteroatoms. The van der Waals surface area contributed by atoms with Crippen molar-refractivity contribution >= 4 is 23.9 Å². The van der Waals surface area contributed by atoms with Crippen LogP contribution in [0, 0.1) is 0 Å². The van der Waals surface area contributed by atoms with Gasteiger partial charge in [0.25, 0.3) is 0 Å². The molecule has 2 aromatic rings. The molecule has 7 nitrogen and oxygen atoms in total. The van der Waals surface area contributed by atoms with Gasteiger partial charge in [-0.3, -0.25) is 4.79 Å². The Bertz CT molecular complexity index is 860. The number of ether oxygens (including phenoxy) is 3. The van der Waals surface area contributed by atoms with E-state index in [0.717, 1.165) is 11.1 Å². The highest BCUT2D eigenvalue weighted by atomic mass is 16.6. The highest BCUT2D eigenvalue weighted by Crippen LogP contribution is 2.16. The van der Waals surface area contributed by atoms with Crippen molar-refractivity contribution < 1.29 is 28.6 Å². The highest BCUT2D eigenvalue weighted by molar-refractivity contribution is 6.04. The average molecular weight is 411 g/mol. The van der Waals surface area contributed by atoms with Crippen molar-refractivity contribution in [2.45, 2.75) is 26.5 Å². The first-order chi connectivity index (χ1) is 14.5. The Balaban J connectivity index is 1.98. The van der Waals surface area contributed by atoms with Crippen LogP contribution < -0.4 is 10.1 Å². The van der Waals surface area contributed by atoms with Crippen LogP contribution in [0.15, 0.2) is 60.7 Å². The van der Waals surface area contributed by atoms with E-state index in [1.54, 1.807) is 38.1 Å². The summed E-state index contributed by atoms with van der Waals surface area (Å²) >= 11 is 0. The zero-order chi connectivity index (χ0) is 21.8. The number of nitrogens with one attached hydrogen (secondary N) is 1. The van der Waals surface area contributed by atoms with E-state index in [4.69, 9.17) is 14.2 Å². The molecular weight excluding hydrogens is 386 g/mol. The van der Waals surface area contributed by atoms with Crippen LogP contribution in [0.3, 0.4) is 0 Å². The third-order valence-corrected chi connectivity index (χ3v) is 3.86. The van der Waals surface area contributed by atoms with Crippen molar-refractivity contribution in [3.8, 4) is 5.75 Å². The minimum atomic E-state index is -1.51. The van der Waals surface area contributed by atoms with Gasteiger partial charge >= 0.3 is 11.9 Å². The van der Waals surface area contributed by atoms with Crippen molar-refractivity contribution in [3.63, 3.8) is 0 Å². The summed E-state index contributed by atoms with van der Waals surface area (Å²) in [5, 5.41) is 2.31. The molecule has 0 heterocycles. The van der Waals surface area contributed by atoms with Gasteiger partial charge in [-0.25, -0.2) is 9.59 Å². The van der Waals surface area contributed by atoms with E-state index in [1.807, 2.05) is 36.4 Å². The first-order valence-corrected chi connectivity index (χ1v) is 9.62. The maximum absolute atomic E-state index is 12.2. The van der Waals surface area contributed by atoms with Crippen LogP contribution in [-0.2, 0) is 30.5 Å². The number of benzene rings is 2. The third kappa shape index (κ3) is 7.43. The molecule has 2 rings (SSSR count). The lowest BCUT2D eigenvalue weighted by molar-refractivity contribution is -0.159. The summed E-state index contributed by atoms with van der Waals surface area (Å²) in [4.78, 5) is 36.0. The zero-order valence-corrected chi connectivity index (χ0v) is 17.0. The summed E-state index contributed by atoms with van der Waals surface area (Å²) in [7, 11) is 0. The van der Waals surface area contributed by atoms with Gasteiger partial charge in [0.05, 0.1) is 13.2 Å². The van der Waals surface area contributed by atoms with Crippen LogP contribution in [0.4, 0.5) is 0 Å². The predicted octanol–water partition coefficient (Wildman–Crippen LogP) is 2.89. The molecule has 30 heavy (non-hydrogen) atoms. The van der Waals surface area contributed by atoms with Crippen molar-refractivity contribution in [1.82, 2.24) is 5.32 Å². The predicted molar refractivity (Wildman–Crippen MR) is 111 cm³/mol. The molecule has 0 unspecified atom stereocenters. The molecule has 2 aromatic carbocycles. The molecule has 0 fully saturated rings. The number of hydrogen-bond donors (Lipinski definition) is 1. The van der Waals surface area contributed by atoms with E-state index >= 15 is 0 Å². The van der Waals surface area contributed by atoms with Crippen molar-refractivity contribution in [2.75, 3.05) is 13.2 Å². The summed E-state index contributed by atoms with van der Waals surface area (Å²) in [5.41, 5.74) is 1.77. The number of hydrogen-bond acceptors (Lipinski definition) is 6. The van der Waals surface area contributed by atoms with Crippen molar-refractivity contribution in [3.05, 3.63) is 71.8 Å². The summed E-state index contributed by atoms with van der Waals surface area (Å²) in [6, 6.07) is 15.4. The van der Waals surface area contributed by atoms with Gasteiger partial charge in [-0.05, 0) is 43.2 Å². The Morgan fingerprint density at radius 1 is 0.933 bits per heavy atom. The quantitative estimate of drug-likeness (QED) is 0.367. The van der Waals surface area contributed by atoms with Gasteiger partial charge in [-0.15, -0.1) is 0 Å². The molecule has 0 saturated carbocycles. The van der Waals surface area contributed by atoms with E-state index < -0.39 is 23.9 Å². The monoisotopic (exact) mass is 411 g/mol. The lowest BCUT2D eigenvalue weighted by Crippen LogP contribution is -2.47. The Morgan fingerprint density at radius 2 is 1.60 bits per heavy atom. The SMILES string of the molecule is CCOC(=O)C(NC(=O)/C=C/c1cccc(OCc2ccccc2)c1)C(=O)OCC. The van der Waals surface area contributed by atoms with E-state index in [-0.39, 0.29) is 13.2 Å². The molecule has 0 aliphatic heterocycles. The number of amides is 1. The summed E-state index contributed by atoms with van der Waals surface area (Å²) in [5.74, 6) is -1.71. The van der Waals surface area contributed by atoms with Gasteiger partial charge in [-0.2, -0.15) is 0 Å². The third-order valence-electron chi connectivity index (χ3n) is 3.86. The van der Waals surface area contributed by atoms with E-state index in [1.165, 1.54) is 6.08 Å². The fraction of sp³-hybridized carbons (Fsp3) is 0.261. The fourth-order valence-electron chi connectivity index (χ4n) is 2.48. The van der Waals surface area contributed by atoms with Crippen LogP contribution in [0.1, 0.15) is 25.0 Å². The van der Waals surface area contributed by atoms with E-state index in [2.05, 4.69) is 5.32 Å². The molecule has 158 valence electrons. The molecule has 0 atom stereocenters. The first-order valence-electron chi connectivity index (χ1n) is 9.62. The van der Waals surface area contributed by atoms with E-state index in [9.17, 15) is 14.4 Å². The second-order valence-corrected chi connectivity index (χ2v) is 6.13. The summed E-state index contributed by atoms with van der Waals surface area (Å²) < 4.78 is 15.4. The minimum Gasteiger partial charge on any atom is -0.489 e. The van der Waals surface area contributed by atoms with Gasteiger partial charge in [0, 0.05) is 6.08 Å². The Labute approximate surface area is 175 Å². The molecule has 0 bridgehead atoms. The molecule has 0 spiro atoms. The summed E-state index contributed by atoms with van der Waals surface area (Å²) in [6.45, 7) is 3.80. The largest absolute Gasteiger partial charge is 0.489 e. The first kappa shape index (κ1) is 22.7. The minimum absolute atomic E-state index is 0.0796. The number of rotatable bonds is 10. The summed E-state index contributed by atoms with van der Waals surface area (Å²) in [6.07, 6.45) is 2.78. The molecule has 0 saturated heterocycles. The van der Waals surface area contributed by atoms with Crippen LogP contribution in [-0.4, -0.2) is 37.1 Å². The van der Waals surface area contributed by atoms with Gasteiger partial charge in [0.1, 0.15) is 12.4 Å². The average Bonchev–Trinajstić information content (AvgIpc) is 2.76. The Morgan fingerprint density at radius 3 is 2.23 bits per heavy atom. The maximum Gasteiger partial charge on any atom is 0.340 e. The van der Waals surface area contributed by atoms with Gasteiger partial charge < -0.3 is 19.5 Å².